The van der Waals surface area contributed by atoms with E-state index in [0.717, 1.165) is 0 Å². The zero-order chi connectivity index (χ0) is 64.8. The molecule has 3 aliphatic heterocycles. The monoisotopic (exact) mass is 1280 g/mol. The number of hydrogen-bond donors (Lipinski definition) is 15. The van der Waals surface area contributed by atoms with Crippen LogP contribution in [0.5, 0.6) is 0 Å². The van der Waals surface area contributed by atoms with Crippen LogP contribution in [0.2, 0.25) is 0 Å². The van der Waals surface area contributed by atoms with Gasteiger partial charge >= 0.3 is 0 Å². The van der Waals surface area contributed by atoms with E-state index in [1.807, 2.05) is 0 Å². The maximum Gasteiger partial charge on any atom is 0.253 e. The van der Waals surface area contributed by atoms with Crippen LogP contribution in [-0.2, 0) is 71.1 Å². The van der Waals surface area contributed by atoms with Gasteiger partial charge in [0.2, 0.25) is 35.4 Å². The van der Waals surface area contributed by atoms with Gasteiger partial charge < -0.3 is 120 Å². The molecule has 0 aromatic carbocycles. The summed E-state index contributed by atoms with van der Waals surface area (Å²) in [6.07, 6.45) is -13.8. The first-order valence-electron chi connectivity index (χ1n) is 29.7. The van der Waals surface area contributed by atoms with Crippen molar-refractivity contribution in [1.29, 1.82) is 0 Å². The van der Waals surface area contributed by atoms with Crippen LogP contribution in [0, 0.1) is 0 Å². The third-order valence-corrected chi connectivity index (χ3v) is 15.2. The number of aliphatic hydroxyl groups excluding tert-OH is 10. The maximum absolute atomic E-state index is 13.8. The van der Waals surface area contributed by atoms with Gasteiger partial charge in [0.05, 0.1) is 26.4 Å². The first kappa shape index (κ1) is 77.1. The molecule has 0 bridgehead atoms. The van der Waals surface area contributed by atoms with Crippen molar-refractivity contribution in [2.45, 2.75) is 202 Å². The lowest BCUT2D eigenvalue weighted by molar-refractivity contribution is -0.270. The van der Waals surface area contributed by atoms with Crippen molar-refractivity contribution in [3.05, 3.63) is 0 Å². The highest BCUT2D eigenvalue weighted by molar-refractivity contribution is 7.57. The standard InChI is InChI=1S/C54H98N7O25P/c1-32(65)57-42-48(75)45(72)36(28-62)84-52(42)80-25-11-6-16-39(69)55-19-14-23-60(41(71)18-8-13-27-82-54-44(59-34(3)67)50(77)47(74)38(30-64)86-54)21-9-10-22-61(51(78)35(68)31-83-87(4,5)79)24-15-20-56-40(70)17-7-12-26-81-53-43(58-33(2)66)49(76)46(73)37(29-63)85-53/h35-38,42-50,52-54,62-64,68,72-77H,6-31H2,1-5H3,(H,55,69)(H,56,70)(H,57,65)(H,58,66)(H,59,67)/t35?,36?,37?,38?,42?,43?,44?,45-,46-,47-,48+,49+,50+,52+,53+,54+/m0/s1. The van der Waals surface area contributed by atoms with Crippen molar-refractivity contribution in [1.82, 2.24) is 36.4 Å². The van der Waals surface area contributed by atoms with Gasteiger partial charge in [0, 0.05) is 112 Å². The summed E-state index contributed by atoms with van der Waals surface area (Å²) in [4.78, 5) is 91.4. The summed E-state index contributed by atoms with van der Waals surface area (Å²) in [5, 5.41) is 115. The lowest BCUT2D eigenvalue weighted by atomic mass is 9.97. The molecule has 0 saturated carbocycles. The summed E-state index contributed by atoms with van der Waals surface area (Å²) in [6.45, 7) is 5.11. The number of aliphatic hydroxyl groups is 10. The van der Waals surface area contributed by atoms with E-state index < -0.39 is 155 Å². The third-order valence-electron chi connectivity index (χ3n) is 14.4. The van der Waals surface area contributed by atoms with E-state index >= 15 is 0 Å². The Kier molecular flexibility index (Phi) is 35.9. The van der Waals surface area contributed by atoms with Crippen LogP contribution in [0.1, 0.15) is 104 Å². The first-order chi connectivity index (χ1) is 41.2. The van der Waals surface area contributed by atoms with Crippen LogP contribution in [0.4, 0.5) is 0 Å². The molecule has 32 nitrogen and oxygen atoms in total. The molecule has 3 rings (SSSR count). The number of carbonyl (C=O) groups excluding carboxylic acids is 7. The Bertz CT molecular complexity index is 2140. The summed E-state index contributed by atoms with van der Waals surface area (Å²) in [6, 6.07) is -3.36. The van der Waals surface area contributed by atoms with Gasteiger partial charge in [0.15, 0.2) is 32.3 Å². The summed E-state index contributed by atoms with van der Waals surface area (Å²) >= 11 is 0. The van der Waals surface area contributed by atoms with Crippen LogP contribution in [0.15, 0.2) is 0 Å². The van der Waals surface area contributed by atoms with Gasteiger partial charge in [0.25, 0.3) is 5.91 Å². The average Bonchev–Trinajstić information content (AvgIpc) is 1.60. The predicted octanol–water partition coefficient (Wildman–Crippen LogP) is -5.26. The van der Waals surface area contributed by atoms with Gasteiger partial charge in [0.1, 0.15) is 73.1 Å². The van der Waals surface area contributed by atoms with E-state index in [0.29, 0.717) is 57.8 Å². The fourth-order valence-corrected chi connectivity index (χ4v) is 10.3. The van der Waals surface area contributed by atoms with Gasteiger partial charge in [-0.2, -0.15) is 0 Å². The molecular weight excluding hydrogens is 1180 g/mol. The number of carbonyl (C=O) groups is 7. The summed E-state index contributed by atoms with van der Waals surface area (Å²) < 4.78 is 51.5. The van der Waals surface area contributed by atoms with Gasteiger partial charge in [-0.3, -0.25) is 38.1 Å². The van der Waals surface area contributed by atoms with E-state index in [-0.39, 0.29) is 102 Å². The molecule has 504 valence electrons. The van der Waals surface area contributed by atoms with Gasteiger partial charge in [-0.05, 0) is 64.2 Å². The number of amides is 7. The fraction of sp³-hybridized carbons (Fsp3) is 0.870. The lowest BCUT2D eigenvalue weighted by Gasteiger charge is -2.42. The predicted molar refractivity (Wildman–Crippen MR) is 305 cm³/mol. The largest absolute Gasteiger partial charge is 0.394 e. The third kappa shape index (κ3) is 27.9. The van der Waals surface area contributed by atoms with Gasteiger partial charge in [-0.15, -0.1) is 0 Å². The molecule has 0 aromatic heterocycles. The van der Waals surface area contributed by atoms with Gasteiger partial charge in [-0.25, -0.2) is 0 Å². The highest BCUT2D eigenvalue weighted by Crippen LogP contribution is 2.37. The second-order valence-electron chi connectivity index (χ2n) is 22.2. The van der Waals surface area contributed by atoms with E-state index in [9.17, 15) is 89.2 Å². The van der Waals surface area contributed by atoms with Crippen molar-refractivity contribution in [3.63, 3.8) is 0 Å². The molecule has 3 heterocycles. The highest BCUT2D eigenvalue weighted by atomic mass is 31.2. The number of rotatable bonds is 41. The minimum atomic E-state index is -3.07. The van der Waals surface area contributed by atoms with E-state index in [2.05, 4.69) is 26.6 Å². The van der Waals surface area contributed by atoms with Crippen LogP contribution in [0.3, 0.4) is 0 Å². The first-order valence-corrected chi connectivity index (χ1v) is 32.3. The summed E-state index contributed by atoms with van der Waals surface area (Å²) in [7, 11) is -3.07. The van der Waals surface area contributed by atoms with Crippen molar-refractivity contribution in [2.24, 2.45) is 0 Å². The van der Waals surface area contributed by atoms with Gasteiger partial charge in [-0.1, -0.05) is 0 Å². The van der Waals surface area contributed by atoms with E-state index in [1.165, 1.54) is 39.0 Å². The molecule has 3 saturated heterocycles. The Morgan fingerprint density at radius 2 is 0.816 bits per heavy atom. The molecule has 0 aromatic rings. The molecular formula is C54H98N7O25P. The van der Waals surface area contributed by atoms with Crippen molar-refractivity contribution in [2.75, 3.05) is 98.8 Å². The molecule has 0 radical (unpaired) electrons. The highest BCUT2D eigenvalue weighted by Gasteiger charge is 2.48. The second-order valence-corrected chi connectivity index (χ2v) is 24.9. The van der Waals surface area contributed by atoms with Crippen molar-refractivity contribution < 1.29 is 122 Å². The zero-order valence-corrected chi connectivity index (χ0v) is 51.5. The Hall–Kier alpha value is -4.16. The summed E-state index contributed by atoms with van der Waals surface area (Å²) in [5.41, 5.74) is 0. The molecule has 3 aliphatic rings. The minimum Gasteiger partial charge on any atom is -0.394 e. The molecule has 16 atom stereocenters. The topological polar surface area (TPSA) is 470 Å². The second kappa shape index (κ2) is 40.6. The molecule has 33 heteroatoms. The van der Waals surface area contributed by atoms with Crippen molar-refractivity contribution in [3.8, 4) is 0 Å². The Morgan fingerprint density at radius 3 is 1.16 bits per heavy atom. The average molecular weight is 1280 g/mol. The van der Waals surface area contributed by atoms with Crippen molar-refractivity contribution >= 4 is 48.7 Å². The van der Waals surface area contributed by atoms with Crippen LogP contribution < -0.4 is 26.6 Å². The van der Waals surface area contributed by atoms with Crippen LogP contribution >= 0.6 is 7.37 Å². The number of ether oxygens (including phenoxy) is 6. The zero-order valence-electron chi connectivity index (χ0n) is 50.6. The Labute approximate surface area is 507 Å². The van der Waals surface area contributed by atoms with E-state index in [4.69, 9.17) is 32.9 Å². The van der Waals surface area contributed by atoms with Crippen LogP contribution in [0.25, 0.3) is 0 Å². The number of unbranched alkanes of at least 4 members (excludes halogenated alkanes) is 4. The normalized spacial score (nSPS) is 27.8. The molecule has 0 spiro atoms. The molecule has 15 N–H and O–H groups in total. The number of nitrogens with zero attached hydrogens (tertiary/aromatic N) is 2. The quantitative estimate of drug-likeness (QED) is 0.0201. The Balaban J connectivity index is 1.57. The minimum absolute atomic E-state index is 0.0124. The molecule has 0 aliphatic carbocycles. The smallest absolute Gasteiger partial charge is 0.253 e. The number of nitrogens with one attached hydrogen (secondary N) is 5. The Morgan fingerprint density at radius 1 is 0.483 bits per heavy atom. The van der Waals surface area contributed by atoms with E-state index in [1.54, 1.807) is 4.90 Å². The molecule has 7 unspecified atom stereocenters. The summed E-state index contributed by atoms with van der Waals surface area (Å²) in [5.74, 6) is -3.04. The SMILES string of the molecule is CC(=O)NC1[C@H](OCCCCC(=O)NCCCN(CCCCN(CCCNC(=O)CCCCO[C@@H]2OC(CO)[C@H](O)[C@H](O)C2NC(C)=O)C(=O)C(O)COP(C)(C)=O)C(=O)CCCCO[C@@H]2OC(CO)[C@H](O)[C@H](O)C2NC(C)=O)OC(CO)[C@H](O)[C@@H]1O. The fourth-order valence-electron chi connectivity index (χ4n) is 9.75. The number of hydrogen-bond acceptors (Lipinski definition) is 25. The van der Waals surface area contributed by atoms with Crippen LogP contribution in [-0.4, -0.2) is 299 Å². The molecule has 3 fully saturated rings. The lowest BCUT2D eigenvalue weighted by Crippen LogP contribution is -2.64. The molecule has 87 heavy (non-hydrogen) atoms. The maximum atomic E-state index is 13.8. The molecule has 7 amide bonds.